The van der Waals surface area contributed by atoms with Gasteiger partial charge in [0.25, 0.3) is 11.8 Å². The molecule has 7 heteroatoms. The van der Waals surface area contributed by atoms with Gasteiger partial charge in [-0.1, -0.05) is 0 Å². The van der Waals surface area contributed by atoms with Crippen molar-refractivity contribution >= 4 is 39.4 Å². The summed E-state index contributed by atoms with van der Waals surface area (Å²) in [6, 6.07) is 6.45. The van der Waals surface area contributed by atoms with E-state index >= 15 is 0 Å². The number of benzene rings is 1. The summed E-state index contributed by atoms with van der Waals surface area (Å²) in [5.74, 6) is -0.587. The highest BCUT2D eigenvalue weighted by atomic mass is 79.9. The first-order valence-electron chi connectivity index (χ1n) is 7.62. The third-order valence-corrected chi connectivity index (χ3v) is 4.67. The predicted octanol–water partition coefficient (Wildman–Crippen LogP) is 2.70. The lowest BCUT2D eigenvalue weighted by Gasteiger charge is -2.16. The van der Waals surface area contributed by atoms with Gasteiger partial charge in [0.2, 0.25) is 5.01 Å². The monoisotopic (exact) mass is 393 g/mol. The zero-order chi connectivity index (χ0) is 17.3. The molecule has 0 saturated carbocycles. The van der Waals surface area contributed by atoms with Crippen LogP contribution in [-0.4, -0.2) is 29.9 Å². The molecule has 24 heavy (non-hydrogen) atoms. The van der Waals surface area contributed by atoms with Gasteiger partial charge in [0.15, 0.2) is 0 Å². The summed E-state index contributed by atoms with van der Waals surface area (Å²) in [5, 5.41) is -0.919. The molecule has 0 fully saturated rings. The van der Waals surface area contributed by atoms with Crippen molar-refractivity contribution in [3.63, 3.8) is 0 Å². The fourth-order valence-electron chi connectivity index (χ4n) is 2.91. The Morgan fingerprint density at radius 1 is 1.08 bits per heavy atom. The minimum atomic E-state index is -0.919. The minimum Gasteiger partial charge on any atom is -0.467 e. The predicted molar refractivity (Wildman–Crippen MR) is 89.8 cm³/mol. The molecule has 1 aromatic rings. The maximum atomic E-state index is 12.5. The van der Waals surface area contributed by atoms with Crippen LogP contribution in [0.2, 0.25) is 0 Å². The molecule has 1 unspecified atom stereocenters. The summed E-state index contributed by atoms with van der Waals surface area (Å²) >= 11 is 3.06. The number of rotatable bonds is 4. The second-order valence-electron chi connectivity index (χ2n) is 5.56. The lowest BCUT2D eigenvalue weighted by Crippen LogP contribution is -2.31. The Kier molecular flexibility index (Phi) is 4.71. The maximum absolute atomic E-state index is 12.5. The summed E-state index contributed by atoms with van der Waals surface area (Å²) in [6.07, 6.45) is 3.22. The number of hydrogen-bond acceptors (Lipinski definition) is 5. The van der Waals surface area contributed by atoms with E-state index < -0.39 is 11.0 Å². The third kappa shape index (κ3) is 2.96. The number of hydrogen-bond donors (Lipinski definition) is 0. The molecule has 6 nitrogen and oxygen atoms in total. The number of alkyl halides is 1. The highest BCUT2D eigenvalue weighted by molar-refractivity contribution is 9.09. The number of carbonyl (C=O) groups is 3. The van der Waals surface area contributed by atoms with Gasteiger partial charge in [-0.3, -0.25) is 9.59 Å². The molecule has 126 valence electrons. The average Bonchev–Trinajstić information content (AvgIpc) is 2.86. The Balaban J connectivity index is 1.76. The summed E-state index contributed by atoms with van der Waals surface area (Å²) < 4.78 is 9.93. The number of halogens is 1. The van der Waals surface area contributed by atoms with E-state index in [-0.39, 0.29) is 11.8 Å². The molecule has 1 aliphatic heterocycles. The molecule has 1 heterocycles. The Morgan fingerprint density at radius 2 is 1.62 bits per heavy atom. The van der Waals surface area contributed by atoms with Gasteiger partial charge in [0.1, 0.15) is 5.75 Å². The van der Waals surface area contributed by atoms with E-state index in [1.54, 1.807) is 24.3 Å². The Bertz CT molecular complexity index is 697. The summed E-state index contributed by atoms with van der Waals surface area (Å²) in [6.45, 7) is 0. The van der Waals surface area contributed by atoms with Gasteiger partial charge < -0.3 is 9.47 Å². The van der Waals surface area contributed by atoms with E-state index in [1.165, 1.54) is 12.0 Å². The van der Waals surface area contributed by atoms with Gasteiger partial charge in [-0.2, -0.15) is 0 Å². The van der Waals surface area contributed by atoms with Crippen molar-refractivity contribution in [1.82, 2.24) is 0 Å². The Morgan fingerprint density at radius 3 is 2.12 bits per heavy atom. The molecule has 0 aromatic heterocycles. The number of nitrogens with zero attached hydrogens (tertiary/aromatic N) is 1. The zero-order valence-corrected chi connectivity index (χ0v) is 14.7. The van der Waals surface area contributed by atoms with Crippen LogP contribution in [0.25, 0.3) is 0 Å². The highest BCUT2D eigenvalue weighted by Crippen LogP contribution is 2.36. The van der Waals surface area contributed by atoms with Crippen molar-refractivity contribution in [2.45, 2.75) is 30.7 Å². The SMILES string of the molecule is COC(=O)C(Br)Oc1ccc(N2C(=O)C3=C(CCCC3)C2=O)cc1. The summed E-state index contributed by atoms with van der Waals surface area (Å²) in [4.78, 5) is 37.5. The van der Waals surface area contributed by atoms with Crippen molar-refractivity contribution in [2.75, 3.05) is 12.0 Å². The van der Waals surface area contributed by atoms with Crippen LogP contribution in [0.1, 0.15) is 25.7 Å². The fourth-order valence-corrected chi connectivity index (χ4v) is 3.31. The molecule has 0 spiro atoms. The summed E-state index contributed by atoms with van der Waals surface area (Å²) in [5.41, 5.74) is 1.80. The standard InChI is InChI=1S/C17H16BrNO5/c1-23-17(22)14(18)24-11-8-6-10(7-9-11)19-15(20)12-4-2-3-5-13(12)16(19)21/h6-9,14H,2-5H2,1H3. The first-order chi connectivity index (χ1) is 11.5. The fraction of sp³-hybridized carbons (Fsp3) is 0.353. The smallest absolute Gasteiger partial charge is 0.358 e. The molecule has 0 N–H and O–H groups in total. The van der Waals surface area contributed by atoms with Crippen LogP contribution in [0.5, 0.6) is 5.75 Å². The number of anilines is 1. The van der Waals surface area contributed by atoms with Crippen LogP contribution in [0.3, 0.4) is 0 Å². The number of methoxy groups -OCH3 is 1. The van der Waals surface area contributed by atoms with Crippen molar-refractivity contribution in [3.8, 4) is 5.75 Å². The van der Waals surface area contributed by atoms with E-state index in [0.29, 0.717) is 35.4 Å². The van der Waals surface area contributed by atoms with Crippen LogP contribution in [0.15, 0.2) is 35.4 Å². The number of amides is 2. The zero-order valence-electron chi connectivity index (χ0n) is 13.1. The van der Waals surface area contributed by atoms with Crippen LogP contribution in [0.4, 0.5) is 5.69 Å². The molecular formula is C17H16BrNO5. The molecule has 0 saturated heterocycles. The minimum absolute atomic E-state index is 0.226. The van der Waals surface area contributed by atoms with E-state index in [2.05, 4.69) is 20.7 Å². The quantitative estimate of drug-likeness (QED) is 0.446. The second-order valence-corrected chi connectivity index (χ2v) is 6.39. The number of carbonyl (C=O) groups excluding carboxylic acids is 3. The number of ether oxygens (including phenoxy) is 2. The number of esters is 1. The van der Waals surface area contributed by atoms with Crippen LogP contribution >= 0.6 is 15.9 Å². The molecule has 3 rings (SSSR count). The molecule has 0 radical (unpaired) electrons. The van der Waals surface area contributed by atoms with E-state index in [0.717, 1.165) is 12.8 Å². The van der Waals surface area contributed by atoms with Gasteiger partial charge in [-0.25, -0.2) is 9.69 Å². The Labute approximate surface area is 147 Å². The highest BCUT2D eigenvalue weighted by Gasteiger charge is 2.39. The molecule has 1 aliphatic carbocycles. The summed E-state index contributed by atoms with van der Waals surface area (Å²) in [7, 11) is 1.27. The third-order valence-electron chi connectivity index (χ3n) is 4.11. The lowest BCUT2D eigenvalue weighted by molar-refractivity contribution is -0.144. The van der Waals surface area contributed by atoms with E-state index in [9.17, 15) is 14.4 Å². The topological polar surface area (TPSA) is 72.9 Å². The van der Waals surface area contributed by atoms with Crippen LogP contribution in [-0.2, 0) is 19.1 Å². The molecular weight excluding hydrogens is 378 g/mol. The van der Waals surface area contributed by atoms with Crippen molar-refractivity contribution in [2.24, 2.45) is 0 Å². The van der Waals surface area contributed by atoms with Crippen LogP contribution < -0.4 is 9.64 Å². The number of imide groups is 1. The first kappa shape index (κ1) is 16.7. The van der Waals surface area contributed by atoms with Gasteiger partial charge in [-0.05, 0) is 65.9 Å². The lowest BCUT2D eigenvalue weighted by atomic mass is 9.93. The molecule has 1 atom stereocenters. The van der Waals surface area contributed by atoms with Crippen molar-refractivity contribution in [3.05, 3.63) is 35.4 Å². The second kappa shape index (κ2) is 6.76. The largest absolute Gasteiger partial charge is 0.467 e. The molecule has 0 bridgehead atoms. The van der Waals surface area contributed by atoms with E-state index in [4.69, 9.17) is 4.74 Å². The molecule has 1 aromatic carbocycles. The molecule has 2 amide bonds. The van der Waals surface area contributed by atoms with Gasteiger partial charge in [0.05, 0.1) is 12.8 Å². The van der Waals surface area contributed by atoms with Gasteiger partial charge in [0, 0.05) is 11.1 Å². The van der Waals surface area contributed by atoms with Crippen molar-refractivity contribution in [1.29, 1.82) is 0 Å². The maximum Gasteiger partial charge on any atom is 0.358 e. The van der Waals surface area contributed by atoms with Crippen LogP contribution in [0, 0.1) is 0 Å². The molecule has 2 aliphatic rings. The van der Waals surface area contributed by atoms with E-state index in [1.807, 2.05) is 0 Å². The average molecular weight is 394 g/mol. The normalized spacial score (nSPS) is 18.5. The van der Waals surface area contributed by atoms with Gasteiger partial charge in [-0.15, -0.1) is 0 Å². The van der Waals surface area contributed by atoms with Gasteiger partial charge >= 0.3 is 5.97 Å². The van der Waals surface area contributed by atoms with Crippen molar-refractivity contribution < 1.29 is 23.9 Å². The first-order valence-corrected chi connectivity index (χ1v) is 8.54. The Hall–Kier alpha value is -2.15.